The first-order valence-electron chi connectivity index (χ1n) is 4.30. The molecule has 0 heterocycles. The van der Waals surface area contributed by atoms with E-state index in [2.05, 4.69) is 6.92 Å². The summed E-state index contributed by atoms with van der Waals surface area (Å²) in [6.45, 7) is 6.06. The molecule has 0 aliphatic heterocycles. The Morgan fingerprint density at radius 1 is 1.36 bits per heavy atom. The highest BCUT2D eigenvalue weighted by Gasteiger charge is 2.40. The van der Waals surface area contributed by atoms with Gasteiger partial charge in [0.15, 0.2) is 0 Å². The molecule has 1 fully saturated rings. The summed E-state index contributed by atoms with van der Waals surface area (Å²) in [4.78, 5) is -0.246. The Hall–Kier alpha value is 0.250. The Morgan fingerprint density at radius 2 is 1.91 bits per heavy atom. The molecule has 0 spiro atoms. The maximum absolute atomic E-state index is 9.71. The van der Waals surface area contributed by atoms with E-state index in [0.29, 0.717) is 5.92 Å². The molecule has 0 amide bonds. The van der Waals surface area contributed by atoms with E-state index >= 15 is 0 Å². The number of alkyl halides is 1. The van der Waals surface area contributed by atoms with E-state index in [-0.39, 0.29) is 16.9 Å². The highest BCUT2D eigenvalue weighted by Crippen LogP contribution is 2.40. The lowest BCUT2D eigenvalue weighted by atomic mass is 9.90. The Morgan fingerprint density at radius 3 is 2.09 bits per heavy atom. The summed E-state index contributed by atoms with van der Waals surface area (Å²) in [6.07, 6.45) is 1.99. The van der Waals surface area contributed by atoms with Crippen LogP contribution in [0, 0.1) is 11.8 Å². The summed E-state index contributed by atoms with van der Waals surface area (Å²) in [5.74, 6) is 0.706. The summed E-state index contributed by atoms with van der Waals surface area (Å²) in [7, 11) is 0. The largest absolute Gasteiger partial charge is 0.392 e. The molecule has 1 aliphatic rings. The van der Waals surface area contributed by atoms with Gasteiger partial charge in [-0.2, -0.15) is 0 Å². The van der Waals surface area contributed by atoms with E-state index in [4.69, 9.17) is 11.6 Å². The predicted octanol–water partition coefficient (Wildman–Crippen LogP) is 2.41. The monoisotopic (exact) mass is 176 g/mol. The molecule has 0 unspecified atom stereocenters. The van der Waals surface area contributed by atoms with Crippen molar-refractivity contribution in [2.24, 2.45) is 11.8 Å². The lowest BCUT2D eigenvalue weighted by Gasteiger charge is -2.28. The van der Waals surface area contributed by atoms with Gasteiger partial charge in [0, 0.05) is 10.8 Å². The Kier molecular flexibility index (Phi) is 2.50. The molecule has 0 saturated heterocycles. The van der Waals surface area contributed by atoms with Crippen LogP contribution < -0.4 is 0 Å². The van der Waals surface area contributed by atoms with Crippen molar-refractivity contribution in [2.45, 2.75) is 44.6 Å². The smallest absolute Gasteiger partial charge is 0.0610 e. The Labute approximate surface area is 73.8 Å². The van der Waals surface area contributed by atoms with Gasteiger partial charge >= 0.3 is 0 Å². The number of hydrogen-bond donors (Lipinski definition) is 1. The minimum atomic E-state index is -0.246. The second-order valence-electron chi connectivity index (χ2n) is 4.22. The SMILES string of the molecule is C[C@@H]1CC[C@H](C(C)(C)Cl)[C@H]1O. The first-order chi connectivity index (χ1) is 4.93. The van der Waals surface area contributed by atoms with Gasteiger partial charge < -0.3 is 5.11 Å². The zero-order valence-electron chi connectivity index (χ0n) is 7.47. The predicted molar refractivity (Wildman–Crippen MR) is 47.8 cm³/mol. The summed E-state index contributed by atoms with van der Waals surface area (Å²) in [5, 5.41) is 9.71. The number of aliphatic hydroxyl groups excluding tert-OH is 1. The Balaban J connectivity index is 2.62. The molecule has 1 aliphatic carbocycles. The van der Waals surface area contributed by atoms with E-state index in [1.807, 2.05) is 13.8 Å². The third-order valence-electron chi connectivity index (χ3n) is 2.81. The van der Waals surface area contributed by atoms with Gasteiger partial charge in [-0.1, -0.05) is 6.92 Å². The van der Waals surface area contributed by atoms with Crippen molar-refractivity contribution in [3.8, 4) is 0 Å². The van der Waals surface area contributed by atoms with Crippen molar-refractivity contribution in [3.63, 3.8) is 0 Å². The van der Waals surface area contributed by atoms with E-state index in [0.717, 1.165) is 12.8 Å². The van der Waals surface area contributed by atoms with Crippen LogP contribution in [-0.4, -0.2) is 16.1 Å². The van der Waals surface area contributed by atoms with Crippen LogP contribution >= 0.6 is 11.6 Å². The molecule has 1 saturated carbocycles. The van der Waals surface area contributed by atoms with Gasteiger partial charge in [-0.15, -0.1) is 11.6 Å². The second-order valence-corrected chi connectivity index (χ2v) is 5.19. The van der Waals surface area contributed by atoms with Crippen LogP contribution in [0.5, 0.6) is 0 Å². The quantitative estimate of drug-likeness (QED) is 0.609. The molecular formula is C9H17ClO. The lowest BCUT2D eigenvalue weighted by molar-refractivity contribution is 0.0837. The molecule has 1 N–H and O–H groups in total. The van der Waals surface area contributed by atoms with Crippen molar-refractivity contribution in [1.82, 2.24) is 0 Å². The summed E-state index contributed by atoms with van der Waals surface area (Å²) in [5.41, 5.74) is 0. The average Bonchev–Trinajstić information content (AvgIpc) is 2.11. The highest BCUT2D eigenvalue weighted by molar-refractivity contribution is 6.23. The van der Waals surface area contributed by atoms with E-state index in [1.165, 1.54) is 0 Å². The maximum Gasteiger partial charge on any atom is 0.0610 e. The summed E-state index contributed by atoms with van der Waals surface area (Å²) >= 11 is 6.14. The number of aliphatic hydroxyl groups is 1. The molecule has 0 radical (unpaired) electrons. The van der Waals surface area contributed by atoms with E-state index in [9.17, 15) is 5.11 Å². The Bertz CT molecular complexity index is 139. The van der Waals surface area contributed by atoms with Crippen LogP contribution in [0.1, 0.15) is 33.6 Å². The molecular weight excluding hydrogens is 160 g/mol. The highest BCUT2D eigenvalue weighted by atomic mass is 35.5. The third kappa shape index (κ3) is 1.88. The fourth-order valence-electron chi connectivity index (χ4n) is 1.93. The molecule has 1 nitrogen and oxygen atoms in total. The molecule has 66 valence electrons. The van der Waals surface area contributed by atoms with Gasteiger partial charge in [0.05, 0.1) is 6.10 Å². The van der Waals surface area contributed by atoms with Crippen LogP contribution in [0.3, 0.4) is 0 Å². The third-order valence-corrected chi connectivity index (χ3v) is 3.09. The molecule has 0 bridgehead atoms. The van der Waals surface area contributed by atoms with Crippen LogP contribution in [0.25, 0.3) is 0 Å². The van der Waals surface area contributed by atoms with Crippen molar-refractivity contribution in [2.75, 3.05) is 0 Å². The van der Waals surface area contributed by atoms with Crippen molar-refractivity contribution in [1.29, 1.82) is 0 Å². The molecule has 0 aromatic rings. The molecule has 0 aromatic carbocycles. The van der Waals surface area contributed by atoms with Crippen LogP contribution in [-0.2, 0) is 0 Å². The lowest BCUT2D eigenvalue weighted by Crippen LogP contribution is -2.33. The molecule has 0 aromatic heterocycles. The standard InChI is InChI=1S/C9H17ClO/c1-6-4-5-7(8(6)11)9(2,3)10/h6-8,11H,4-5H2,1-3H3/t6-,7+,8+/m1/s1. The number of rotatable bonds is 1. The average molecular weight is 177 g/mol. The molecule has 2 heteroatoms. The number of hydrogen-bond acceptors (Lipinski definition) is 1. The fraction of sp³-hybridized carbons (Fsp3) is 1.00. The second kappa shape index (κ2) is 2.95. The first-order valence-corrected chi connectivity index (χ1v) is 4.67. The zero-order chi connectivity index (χ0) is 8.65. The summed E-state index contributed by atoms with van der Waals surface area (Å²) in [6, 6.07) is 0. The van der Waals surface area contributed by atoms with Gasteiger partial charge in [0.2, 0.25) is 0 Å². The minimum absolute atomic E-state index is 0.192. The summed E-state index contributed by atoms with van der Waals surface area (Å²) < 4.78 is 0. The maximum atomic E-state index is 9.71. The van der Waals surface area contributed by atoms with Gasteiger partial charge in [-0.05, 0) is 32.6 Å². The first kappa shape index (κ1) is 9.34. The van der Waals surface area contributed by atoms with Gasteiger partial charge in [-0.3, -0.25) is 0 Å². The molecule has 3 atom stereocenters. The van der Waals surface area contributed by atoms with Crippen molar-refractivity contribution in [3.05, 3.63) is 0 Å². The topological polar surface area (TPSA) is 20.2 Å². The number of halogens is 1. The van der Waals surface area contributed by atoms with Crippen LogP contribution in [0.15, 0.2) is 0 Å². The van der Waals surface area contributed by atoms with Crippen molar-refractivity contribution < 1.29 is 5.11 Å². The van der Waals surface area contributed by atoms with E-state index < -0.39 is 0 Å². The van der Waals surface area contributed by atoms with E-state index in [1.54, 1.807) is 0 Å². The normalized spacial score (nSPS) is 39.5. The minimum Gasteiger partial charge on any atom is -0.392 e. The van der Waals surface area contributed by atoms with Gasteiger partial charge in [0.25, 0.3) is 0 Å². The van der Waals surface area contributed by atoms with Crippen molar-refractivity contribution >= 4 is 11.6 Å². The molecule has 11 heavy (non-hydrogen) atoms. The molecule has 1 rings (SSSR count). The fourth-order valence-corrected chi connectivity index (χ4v) is 2.17. The zero-order valence-corrected chi connectivity index (χ0v) is 8.23. The van der Waals surface area contributed by atoms with Crippen LogP contribution in [0.2, 0.25) is 0 Å². The van der Waals surface area contributed by atoms with Crippen LogP contribution in [0.4, 0.5) is 0 Å². The van der Waals surface area contributed by atoms with Gasteiger partial charge in [-0.25, -0.2) is 0 Å². The van der Waals surface area contributed by atoms with Gasteiger partial charge in [0.1, 0.15) is 0 Å².